The standard InChI is InChI=1S/C12H14ClNO2/c13-9-5-2-1-4-8(9)12(14)7-3-6-10(15)11(12)16/h1-2,4-5,10,15H,3,6-7,14H2/i1D,2D,3D2,4D,5D,7D2. The monoisotopic (exact) mass is 247 g/mol. The van der Waals surface area contributed by atoms with Crippen LogP contribution in [0.5, 0.6) is 0 Å². The van der Waals surface area contributed by atoms with Crippen molar-refractivity contribution in [2.45, 2.75) is 30.8 Å². The van der Waals surface area contributed by atoms with E-state index in [2.05, 4.69) is 0 Å². The van der Waals surface area contributed by atoms with Gasteiger partial charge < -0.3 is 10.8 Å². The van der Waals surface area contributed by atoms with E-state index < -0.39 is 71.3 Å². The van der Waals surface area contributed by atoms with Gasteiger partial charge >= 0.3 is 0 Å². The molecule has 2 atom stereocenters. The van der Waals surface area contributed by atoms with Crippen molar-refractivity contribution in [3.05, 3.63) is 34.8 Å². The van der Waals surface area contributed by atoms with Gasteiger partial charge in [0, 0.05) is 10.5 Å². The first-order valence-corrected chi connectivity index (χ1v) is 4.87. The van der Waals surface area contributed by atoms with Crippen molar-refractivity contribution in [2.24, 2.45) is 5.73 Å². The fourth-order valence-corrected chi connectivity index (χ4v) is 1.70. The predicted molar refractivity (Wildman–Crippen MR) is 62.2 cm³/mol. The van der Waals surface area contributed by atoms with Gasteiger partial charge in [-0.3, -0.25) is 4.79 Å². The van der Waals surface area contributed by atoms with Crippen LogP contribution in [0, 0.1) is 0 Å². The molecule has 1 saturated carbocycles. The number of nitrogens with two attached hydrogens (primary N) is 1. The number of carbonyl (C=O) groups excluding carboxylic acids is 1. The predicted octanol–water partition coefficient (Wildman–Crippen LogP) is 1.61. The fraction of sp³-hybridized carbons (Fsp3) is 0.417. The summed E-state index contributed by atoms with van der Waals surface area (Å²) in [5.74, 6) is -1.30. The highest BCUT2D eigenvalue weighted by Gasteiger charge is 2.43. The Kier molecular flexibility index (Phi) is 1.35. The van der Waals surface area contributed by atoms with Crippen molar-refractivity contribution in [1.29, 1.82) is 0 Å². The molecule has 0 spiro atoms. The summed E-state index contributed by atoms with van der Waals surface area (Å²) in [7, 11) is 0. The van der Waals surface area contributed by atoms with Crippen LogP contribution in [-0.4, -0.2) is 17.0 Å². The van der Waals surface area contributed by atoms with Crippen molar-refractivity contribution < 1.29 is 20.9 Å². The van der Waals surface area contributed by atoms with Gasteiger partial charge in [-0.2, -0.15) is 0 Å². The number of carbonyl (C=O) groups is 1. The Morgan fingerprint density at radius 2 is 2.31 bits per heavy atom. The summed E-state index contributed by atoms with van der Waals surface area (Å²) in [5, 5.41) is 9.16. The average Bonchev–Trinajstić information content (AvgIpc) is 2.48. The number of hydrogen-bond acceptors (Lipinski definition) is 3. The number of hydrogen-bond donors (Lipinski definition) is 2. The molecule has 1 aliphatic rings. The zero-order chi connectivity index (χ0) is 18.8. The molecule has 1 aromatic carbocycles. The molecule has 0 aliphatic heterocycles. The second kappa shape index (κ2) is 4.17. The molecule has 3 N–H and O–H groups in total. The van der Waals surface area contributed by atoms with Crippen LogP contribution in [0.3, 0.4) is 0 Å². The smallest absolute Gasteiger partial charge is 0.185 e. The molecule has 1 aromatic rings. The van der Waals surface area contributed by atoms with Crippen LogP contribution in [0.25, 0.3) is 0 Å². The first-order chi connectivity index (χ1) is 10.7. The summed E-state index contributed by atoms with van der Waals surface area (Å²) in [6.45, 7) is 0. The maximum Gasteiger partial charge on any atom is 0.185 e. The van der Waals surface area contributed by atoms with Gasteiger partial charge in [-0.15, -0.1) is 0 Å². The lowest BCUT2D eigenvalue weighted by Crippen LogP contribution is -2.52. The number of Topliss-reactive ketones (excluding diaryl/α,β-unsaturated/α-hetero) is 1. The molecule has 0 amide bonds. The minimum Gasteiger partial charge on any atom is -0.385 e. The van der Waals surface area contributed by atoms with Gasteiger partial charge in [0.25, 0.3) is 0 Å². The molecule has 0 saturated heterocycles. The van der Waals surface area contributed by atoms with Gasteiger partial charge in [-0.1, -0.05) is 29.7 Å². The lowest BCUT2D eigenvalue weighted by atomic mass is 9.75. The van der Waals surface area contributed by atoms with Crippen molar-refractivity contribution in [2.75, 3.05) is 0 Å². The molecule has 4 heteroatoms. The molecular weight excluding hydrogens is 226 g/mol. The van der Waals surface area contributed by atoms with Crippen LogP contribution in [0.1, 0.15) is 35.7 Å². The fourth-order valence-electron chi connectivity index (χ4n) is 1.46. The summed E-state index contributed by atoms with van der Waals surface area (Å²) < 4.78 is 62.6. The zero-order valence-electron chi connectivity index (χ0n) is 16.1. The van der Waals surface area contributed by atoms with Crippen molar-refractivity contribution in [3.63, 3.8) is 0 Å². The van der Waals surface area contributed by atoms with E-state index in [0.29, 0.717) is 0 Å². The van der Waals surface area contributed by atoms with Crippen LogP contribution < -0.4 is 5.73 Å². The van der Waals surface area contributed by atoms with Crippen LogP contribution in [0.2, 0.25) is 5.02 Å². The van der Waals surface area contributed by atoms with Crippen LogP contribution in [0.15, 0.2) is 24.2 Å². The minimum absolute atomic E-state index is 0.689. The summed E-state index contributed by atoms with van der Waals surface area (Å²) in [6.07, 6.45) is -8.60. The summed E-state index contributed by atoms with van der Waals surface area (Å²) in [6, 6.07) is -3.09. The molecule has 2 rings (SSSR count). The molecule has 0 aromatic heterocycles. The average molecular weight is 248 g/mol. The van der Waals surface area contributed by atoms with Crippen LogP contribution in [0.4, 0.5) is 0 Å². The lowest BCUT2D eigenvalue weighted by Gasteiger charge is -2.35. The Labute approximate surface area is 110 Å². The Hall–Kier alpha value is -0.900. The number of benzene rings is 1. The van der Waals surface area contributed by atoms with Gasteiger partial charge in [0.15, 0.2) is 5.78 Å². The van der Waals surface area contributed by atoms with Crippen LogP contribution in [-0.2, 0) is 10.3 Å². The van der Waals surface area contributed by atoms with Crippen molar-refractivity contribution in [3.8, 4) is 0 Å². The highest BCUT2D eigenvalue weighted by Crippen LogP contribution is 2.35. The number of rotatable bonds is 1. The first kappa shape index (κ1) is 5.17. The van der Waals surface area contributed by atoms with Gasteiger partial charge in [0.1, 0.15) is 11.6 Å². The normalized spacial score (nSPS) is 43.9. The second-order valence-corrected chi connectivity index (χ2v) is 3.76. The second-order valence-electron chi connectivity index (χ2n) is 3.38. The summed E-state index contributed by atoms with van der Waals surface area (Å²) in [5.41, 5.74) is 2.24. The van der Waals surface area contributed by atoms with Crippen molar-refractivity contribution >= 4 is 17.4 Å². The Balaban J connectivity index is 2.94. The van der Waals surface area contributed by atoms with E-state index >= 15 is 0 Å². The molecular formula is C12H14ClNO2. The van der Waals surface area contributed by atoms with E-state index in [4.69, 9.17) is 28.3 Å². The molecule has 1 fully saturated rings. The quantitative estimate of drug-likeness (QED) is 0.793. The molecule has 0 heterocycles. The maximum absolute atomic E-state index is 12.5. The third kappa shape index (κ3) is 1.75. The highest BCUT2D eigenvalue weighted by atomic mass is 35.5. The molecule has 86 valence electrons. The lowest BCUT2D eigenvalue weighted by molar-refractivity contribution is -0.136. The van der Waals surface area contributed by atoms with E-state index in [1.807, 2.05) is 0 Å². The topological polar surface area (TPSA) is 63.3 Å². The Morgan fingerprint density at radius 1 is 1.62 bits per heavy atom. The van der Waals surface area contributed by atoms with E-state index in [1.165, 1.54) is 0 Å². The van der Waals surface area contributed by atoms with Gasteiger partial charge in [-0.05, 0) is 30.8 Å². The van der Waals surface area contributed by atoms with E-state index in [9.17, 15) is 9.90 Å². The number of aliphatic hydroxyl groups is 1. The van der Waals surface area contributed by atoms with Gasteiger partial charge in [0.05, 0.1) is 5.48 Å². The molecule has 16 heavy (non-hydrogen) atoms. The first-order valence-electron chi connectivity index (χ1n) is 8.49. The number of ketones is 1. The zero-order valence-corrected chi connectivity index (χ0v) is 8.85. The van der Waals surface area contributed by atoms with E-state index in [1.54, 1.807) is 0 Å². The van der Waals surface area contributed by atoms with Gasteiger partial charge in [-0.25, -0.2) is 0 Å². The number of halogens is 1. The largest absolute Gasteiger partial charge is 0.385 e. The molecule has 3 nitrogen and oxygen atoms in total. The number of aliphatic hydroxyl groups excluding tert-OH is 1. The molecule has 0 bridgehead atoms. The van der Waals surface area contributed by atoms with Crippen LogP contribution >= 0.6 is 11.6 Å². The Bertz CT molecular complexity index is 711. The maximum atomic E-state index is 12.5. The molecule has 1 aliphatic carbocycles. The summed E-state index contributed by atoms with van der Waals surface area (Å²) >= 11 is 5.92. The SMILES string of the molecule is [2H]c1c([2H])c([2H])c(C2(N)C(=O)C(O)CC([2H])([2H])C2([2H])[2H])c(Cl)c1[2H]. The van der Waals surface area contributed by atoms with E-state index in [-0.39, 0.29) is 0 Å². The molecule has 0 radical (unpaired) electrons. The Morgan fingerprint density at radius 3 is 3.06 bits per heavy atom. The van der Waals surface area contributed by atoms with E-state index in [0.717, 1.165) is 0 Å². The third-order valence-corrected chi connectivity index (χ3v) is 2.59. The van der Waals surface area contributed by atoms with Gasteiger partial charge in [0.2, 0.25) is 0 Å². The third-order valence-electron chi connectivity index (χ3n) is 2.31. The summed E-state index contributed by atoms with van der Waals surface area (Å²) in [4.78, 5) is 12.5. The molecule has 2 unspecified atom stereocenters. The van der Waals surface area contributed by atoms with Crippen molar-refractivity contribution in [1.82, 2.24) is 0 Å². The minimum atomic E-state index is -3.09. The highest BCUT2D eigenvalue weighted by molar-refractivity contribution is 6.31.